The van der Waals surface area contributed by atoms with Crippen LogP contribution in [0.15, 0.2) is 0 Å². The van der Waals surface area contributed by atoms with E-state index in [-0.39, 0.29) is 23.4 Å². The van der Waals surface area contributed by atoms with Gasteiger partial charge in [0, 0.05) is 13.1 Å². The summed E-state index contributed by atoms with van der Waals surface area (Å²) in [5.74, 6) is -0.133. The number of urea groups is 1. The first-order valence-electron chi connectivity index (χ1n) is 7.64. The molecule has 1 aliphatic heterocycles. The number of rotatable bonds is 1. The zero-order valence-corrected chi connectivity index (χ0v) is 13.5. The molecule has 3 aliphatic rings. The molecule has 4 amide bonds. The molecule has 0 bridgehead atoms. The summed E-state index contributed by atoms with van der Waals surface area (Å²) in [5.41, 5.74) is -1.12. The van der Waals surface area contributed by atoms with Gasteiger partial charge in [0.1, 0.15) is 11.1 Å². The molecule has 0 aromatic carbocycles. The summed E-state index contributed by atoms with van der Waals surface area (Å²) in [4.78, 5) is 36.6. The highest BCUT2D eigenvalue weighted by molar-refractivity contribution is 6.07. The molecule has 0 atom stereocenters. The number of ether oxygens (including phenoxy) is 1. The van der Waals surface area contributed by atoms with Gasteiger partial charge in [-0.1, -0.05) is 0 Å². The maximum Gasteiger partial charge on any atom is 0.407 e. The molecule has 1 saturated heterocycles. The summed E-state index contributed by atoms with van der Waals surface area (Å²) in [5, 5.41) is 5.66. The molecule has 2 N–H and O–H groups in total. The molecule has 2 saturated carbocycles. The van der Waals surface area contributed by atoms with E-state index in [9.17, 15) is 14.4 Å². The van der Waals surface area contributed by atoms with E-state index in [0.717, 1.165) is 17.7 Å². The fourth-order valence-corrected chi connectivity index (χ4v) is 4.07. The van der Waals surface area contributed by atoms with Crippen LogP contribution in [0.2, 0.25) is 0 Å². The molecule has 1 heterocycles. The molecule has 0 unspecified atom stereocenters. The molecule has 22 heavy (non-hydrogen) atoms. The number of alkyl carbamates (subject to hydrolysis) is 1. The first kappa shape index (κ1) is 15.1. The number of imide groups is 1. The Morgan fingerprint density at radius 1 is 1.32 bits per heavy atom. The molecule has 122 valence electrons. The van der Waals surface area contributed by atoms with E-state index in [1.807, 2.05) is 20.8 Å². The molecule has 7 heteroatoms. The zero-order chi connectivity index (χ0) is 16.3. The second-order valence-electron chi connectivity index (χ2n) is 7.98. The van der Waals surface area contributed by atoms with Gasteiger partial charge >= 0.3 is 12.1 Å². The third-order valence-corrected chi connectivity index (χ3v) is 4.80. The Kier molecular flexibility index (Phi) is 3.00. The predicted octanol–water partition coefficient (Wildman–Crippen LogP) is 1.37. The number of hydrogen-bond acceptors (Lipinski definition) is 4. The van der Waals surface area contributed by atoms with Gasteiger partial charge in [0.15, 0.2) is 0 Å². The highest BCUT2D eigenvalue weighted by Gasteiger charge is 2.67. The minimum absolute atomic E-state index is 0.0772. The van der Waals surface area contributed by atoms with Crippen LogP contribution in [-0.2, 0) is 9.53 Å². The zero-order valence-electron chi connectivity index (χ0n) is 13.5. The average Bonchev–Trinajstić information content (AvgIpc) is 2.48. The first-order chi connectivity index (χ1) is 10.0. The molecule has 0 aromatic heterocycles. The van der Waals surface area contributed by atoms with Gasteiger partial charge in [0.05, 0.1) is 0 Å². The van der Waals surface area contributed by atoms with Gasteiger partial charge < -0.3 is 15.4 Å². The van der Waals surface area contributed by atoms with E-state index in [1.54, 1.807) is 0 Å². The lowest BCUT2D eigenvalue weighted by Crippen LogP contribution is -2.68. The van der Waals surface area contributed by atoms with E-state index in [2.05, 4.69) is 10.6 Å². The van der Waals surface area contributed by atoms with Crippen LogP contribution in [0.1, 0.15) is 46.5 Å². The van der Waals surface area contributed by atoms with E-state index < -0.39 is 17.2 Å². The second kappa shape index (κ2) is 4.36. The minimum Gasteiger partial charge on any atom is -0.444 e. The molecule has 7 nitrogen and oxygen atoms in total. The smallest absolute Gasteiger partial charge is 0.407 e. The lowest BCUT2D eigenvalue weighted by molar-refractivity contribution is -0.146. The molecule has 3 rings (SSSR count). The number of nitrogens with zero attached hydrogens (tertiary/aromatic N) is 1. The van der Waals surface area contributed by atoms with Crippen molar-refractivity contribution in [1.29, 1.82) is 0 Å². The van der Waals surface area contributed by atoms with Crippen LogP contribution < -0.4 is 10.6 Å². The van der Waals surface area contributed by atoms with Gasteiger partial charge in [-0.3, -0.25) is 9.69 Å². The molecular weight excluding hydrogens is 286 g/mol. The second-order valence-corrected chi connectivity index (χ2v) is 7.98. The van der Waals surface area contributed by atoms with Crippen molar-refractivity contribution in [3.63, 3.8) is 0 Å². The molecule has 2 aliphatic carbocycles. The third-order valence-electron chi connectivity index (χ3n) is 4.80. The van der Waals surface area contributed by atoms with Crippen molar-refractivity contribution < 1.29 is 19.1 Å². The summed E-state index contributed by atoms with van der Waals surface area (Å²) in [6.45, 7) is 5.49. The monoisotopic (exact) mass is 309 g/mol. The number of hydrogen-bond donors (Lipinski definition) is 2. The third kappa shape index (κ3) is 2.32. The quantitative estimate of drug-likeness (QED) is 0.716. The summed E-state index contributed by atoms with van der Waals surface area (Å²) in [6.07, 6.45) is 2.61. The van der Waals surface area contributed by atoms with Crippen LogP contribution in [0.5, 0.6) is 0 Å². The van der Waals surface area contributed by atoms with Gasteiger partial charge in [-0.05, 0) is 51.9 Å². The lowest BCUT2D eigenvalue weighted by atomic mass is 9.47. The average molecular weight is 309 g/mol. The Morgan fingerprint density at radius 2 is 1.91 bits per heavy atom. The van der Waals surface area contributed by atoms with Crippen LogP contribution in [0, 0.1) is 5.41 Å². The Morgan fingerprint density at radius 3 is 2.36 bits per heavy atom. The molecule has 0 radical (unpaired) electrons. The number of carbonyl (C=O) groups is 3. The first-order valence-corrected chi connectivity index (χ1v) is 7.64. The lowest BCUT2D eigenvalue weighted by Gasteiger charge is -2.60. The Labute approximate surface area is 129 Å². The standard InChI is InChI=1S/C15H23N3O4/c1-13(2,3)22-12(21)16-9-5-14(6-9)7-15(8-14)10(19)18(4)11(20)17-15/h9H,5-8H2,1-4H3,(H,16,21)(H,17,20). The van der Waals surface area contributed by atoms with Crippen molar-refractivity contribution in [3.8, 4) is 0 Å². The van der Waals surface area contributed by atoms with Crippen molar-refractivity contribution in [1.82, 2.24) is 15.5 Å². The van der Waals surface area contributed by atoms with Gasteiger partial charge in [0.25, 0.3) is 5.91 Å². The van der Waals surface area contributed by atoms with Crippen molar-refractivity contribution >= 4 is 18.0 Å². The fraction of sp³-hybridized carbons (Fsp3) is 0.800. The van der Waals surface area contributed by atoms with Crippen molar-refractivity contribution in [2.45, 2.75) is 63.6 Å². The van der Waals surface area contributed by atoms with Crippen LogP contribution in [0.4, 0.5) is 9.59 Å². The number of carbonyl (C=O) groups excluding carboxylic acids is 3. The highest BCUT2D eigenvalue weighted by atomic mass is 16.6. The SMILES string of the molecule is CN1C(=O)NC2(CC3(CC(NC(=O)OC(C)(C)C)C3)C2)C1=O. The molecule has 0 aromatic rings. The summed E-state index contributed by atoms with van der Waals surface area (Å²) in [7, 11) is 1.51. The van der Waals surface area contributed by atoms with E-state index in [1.165, 1.54) is 7.05 Å². The van der Waals surface area contributed by atoms with E-state index in [0.29, 0.717) is 12.8 Å². The Hall–Kier alpha value is -1.79. The maximum absolute atomic E-state index is 12.1. The van der Waals surface area contributed by atoms with Crippen molar-refractivity contribution in [2.24, 2.45) is 5.41 Å². The summed E-state index contributed by atoms with van der Waals surface area (Å²) < 4.78 is 5.23. The van der Waals surface area contributed by atoms with Gasteiger partial charge in [-0.2, -0.15) is 0 Å². The van der Waals surface area contributed by atoms with Crippen LogP contribution in [-0.4, -0.2) is 47.2 Å². The largest absolute Gasteiger partial charge is 0.444 e. The fourth-order valence-electron chi connectivity index (χ4n) is 4.07. The Balaban J connectivity index is 1.49. The van der Waals surface area contributed by atoms with E-state index in [4.69, 9.17) is 4.74 Å². The summed E-state index contributed by atoms with van der Waals surface area (Å²) in [6, 6.07) is -0.222. The maximum atomic E-state index is 12.1. The molecule has 3 fully saturated rings. The molecular formula is C15H23N3O4. The normalized spacial score (nSPS) is 36.9. The Bertz CT molecular complexity index is 537. The number of likely N-dealkylation sites (N-methyl/N-ethyl adjacent to an activating group) is 1. The highest BCUT2D eigenvalue weighted by Crippen LogP contribution is 2.61. The molecule has 2 spiro atoms. The van der Waals surface area contributed by atoms with Crippen LogP contribution in [0.3, 0.4) is 0 Å². The van der Waals surface area contributed by atoms with Crippen molar-refractivity contribution in [2.75, 3.05) is 7.05 Å². The predicted molar refractivity (Wildman–Crippen MR) is 78.1 cm³/mol. The van der Waals surface area contributed by atoms with Crippen LogP contribution >= 0.6 is 0 Å². The van der Waals surface area contributed by atoms with Gasteiger partial charge in [0.2, 0.25) is 0 Å². The number of amides is 4. The number of nitrogens with one attached hydrogen (secondary N) is 2. The topological polar surface area (TPSA) is 87.7 Å². The summed E-state index contributed by atoms with van der Waals surface area (Å²) >= 11 is 0. The van der Waals surface area contributed by atoms with Crippen LogP contribution in [0.25, 0.3) is 0 Å². The van der Waals surface area contributed by atoms with E-state index >= 15 is 0 Å². The van der Waals surface area contributed by atoms with Crippen molar-refractivity contribution in [3.05, 3.63) is 0 Å². The minimum atomic E-state index is -0.692. The van der Waals surface area contributed by atoms with Gasteiger partial charge in [-0.15, -0.1) is 0 Å². The van der Waals surface area contributed by atoms with Gasteiger partial charge in [-0.25, -0.2) is 9.59 Å².